The molecule has 0 atom stereocenters. The minimum Gasteiger partial charge on any atom is -0.493 e. The van der Waals surface area contributed by atoms with Crippen LogP contribution in [0.2, 0.25) is 0 Å². The van der Waals surface area contributed by atoms with Gasteiger partial charge in [-0.1, -0.05) is 18.2 Å². The Morgan fingerprint density at radius 3 is 2.33 bits per heavy atom. The molecule has 0 radical (unpaired) electrons. The molecule has 0 aliphatic heterocycles. The van der Waals surface area contributed by atoms with E-state index in [1.54, 1.807) is 34.3 Å². The Balaban J connectivity index is 0.00000364. The smallest absolute Gasteiger partial charge is 0.191 e. The molecule has 0 fully saturated rings. The molecule has 2 aromatic carbocycles. The van der Waals surface area contributed by atoms with Crippen LogP contribution >= 0.6 is 24.0 Å². The normalized spacial score (nSPS) is 10.8. The lowest BCUT2D eigenvalue weighted by atomic mass is 10.1. The Morgan fingerprint density at radius 1 is 1.00 bits per heavy atom. The molecule has 0 saturated heterocycles. The summed E-state index contributed by atoms with van der Waals surface area (Å²) in [7, 11) is 4.97. The highest BCUT2D eigenvalue weighted by Crippen LogP contribution is 2.27. The molecule has 5 nitrogen and oxygen atoms in total. The van der Waals surface area contributed by atoms with Gasteiger partial charge in [0.05, 0.1) is 14.2 Å². The van der Waals surface area contributed by atoms with Crippen LogP contribution in [0.4, 0.5) is 4.39 Å². The molecule has 148 valence electrons. The Bertz CT molecular complexity index is 769. The number of nitrogens with one attached hydrogen (secondary N) is 2. The van der Waals surface area contributed by atoms with E-state index in [1.165, 1.54) is 6.07 Å². The lowest BCUT2D eigenvalue weighted by Gasteiger charge is -2.13. The van der Waals surface area contributed by atoms with Crippen molar-refractivity contribution in [2.75, 3.05) is 27.8 Å². The SMILES string of the molecule is CN=C(NCCc1ccc(OC)c(OC)c1)NCc1ccc(F)c(C)c1.I. The van der Waals surface area contributed by atoms with Crippen molar-refractivity contribution < 1.29 is 13.9 Å². The maximum Gasteiger partial charge on any atom is 0.191 e. The van der Waals surface area contributed by atoms with E-state index >= 15 is 0 Å². The largest absolute Gasteiger partial charge is 0.493 e. The number of rotatable bonds is 7. The molecule has 0 aliphatic rings. The van der Waals surface area contributed by atoms with Gasteiger partial charge in [-0.3, -0.25) is 4.99 Å². The molecular formula is C20H27FIN3O2. The third kappa shape index (κ3) is 6.89. The van der Waals surface area contributed by atoms with Crippen LogP contribution in [0.3, 0.4) is 0 Å². The highest BCUT2D eigenvalue weighted by atomic mass is 127. The number of benzene rings is 2. The third-order valence-corrected chi connectivity index (χ3v) is 4.06. The summed E-state index contributed by atoms with van der Waals surface area (Å²) in [6, 6.07) is 11.0. The topological polar surface area (TPSA) is 54.9 Å². The number of aryl methyl sites for hydroxylation is 1. The summed E-state index contributed by atoms with van der Waals surface area (Å²) >= 11 is 0. The number of hydrogen-bond acceptors (Lipinski definition) is 3. The molecule has 0 unspecified atom stereocenters. The van der Waals surface area contributed by atoms with Crippen molar-refractivity contribution in [2.24, 2.45) is 4.99 Å². The summed E-state index contributed by atoms with van der Waals surface area (Å²) < 4.78 is 23.9. The van der Waals surface area contributed by atoms with Gasteiger partial charge >= 0.3 is 0 Å². The van der Waals surface area contributed by atoms with Crippen LogP contribution < -0.4 is 20.1 Å². The van der Waals surface area contributed by atoms with Gasteiger partial charge in [-0.2, -0.15) is 0 Å². The van der Waals surface area contributed by atoms with Gasteiger partial charge in [0.2, 0.25) is 0 Å². The van der Waals surface area contributed by atoms with Gasteiger partial charge in [0.25, 0.3) is 0 Å². The van der Waals surface area contributed by atoms with E-state index in [0.717, 1.165) is 35.6 Å². The van der Waals surface area contributed by atoms with E-state index in [9.17, 15) is 4.39 Å². The highest BCUT2D eigenvalue weighted by Gasteiger charge is 2.05. The summed E-state index contributed by atoms with van der Waals surface area (Å²) in [6.45, 7) is 3.06. The molecular weight excluding hydrogens is 460 g/mol. The number of nitrogens with zero attached hydrogens (tertiary/aromatic N) is 1. The first-order chi connectivity index (χ1) is 12.6. The zero-order valence-electron chi connectivity index (χ0n) is 16.1. The van der Waals surface area contributed by atoms with Crippen LogP contribution in [-0.2, 0) is 13.0 Å². The molecule has 0 aliphatic carbocycles. The molecule has 0 spiro atoms. The quantitative estimate of drug-likeness (QED) is 0.356. The van der Waals surface area contributed by atoms with E-state index < -0.39 is 0 Å². The maximum atomic E-state index is 13.3. The molecule has 2 rings (SSSR count). The van der Waals surface area contributed by atoms with Crippen molar-refractivity contribution in [1.29, 1.82) is 0 Å². The Hall–Kier alpha value is -2.03. The Labute approximate surface area is 177 Å². The fraction of sp³-hybridized carbons (Fsp3) is 0.350. The first-order valence-corrected chi connectivity index (χ1v) is 8.47. The van der Waals surface area contributed by atoms with E-state index in [0.29, 0.717) is 18.1 Å². The summed E-state index contributed by atoms with van der Waals surface area (Å²) in [4.78, 5) is 4.21. The fourth-order valence-electron chi connectivity index (χ4n) is 2.58. The van der Waals surface area contributed by atoms with Gasteiger partial charge in [0.1, 0.15) is 5.82 Å². The third-order valence-electron chi connectivity index (χ3n) is 4.06. The number of halogens is 2. The van der Waals surface area contributed by atoms with Gasteiger partial charge < -0.3 is 20.1 Å². The first-order valence-electron chi connectivity index (χ1n) is 8.47. The predicted molar refractivity (Wildman–Crippen MR) is 118 cm³/mol. The standard InChI is InChI=1S/C20H26FN3O2.HI/c1-14-11-16(5-7-17(14)21)13-24-20(22-2)23-10-9-15-6-8-18(25-3)19(12-15)26-4;/h5-8,11-12H,9-10,13H2,1-4H3,(H2,22,23,24);1H. The van der Waals surface area contributed by atoms with Crippen molar-refractivity contribution in [3.05, 3.63) is 58.9 Å². The van der Waals surface area contributed by atoms with Crippen molar-refractivity contribution in [3.8, 4) is 11.5 Å². The number of hydrogen-bond donors (Lipinski definition) is 2. The summed E-state index contributed by atoms with van der Waals surface area (Å²) in [5, 5.41) is 6.50. The Morgan fingerprint density at radius 2 is 1.70 bits per heavy atom. The second-order valence-corrected chi connectivity index (χ2v) is 5.88. The van der Waals surface area contributed by atoms with Gasteiger partial charge in [0.15, 0.2) is 17.5 Å². The average Bonchev–Trinajstić information content (AvgIpc) is 2.66. The highest BCUT2D eigenvalue weighted by molar-refractivity contribution is 14.0. The molecule has 0 saturated carbocycles. The van der Waals surface area contributed by atoms with E-state index in [4.69, 9.17) is 9.47 Å². The zero-order valence-corrected chi connectivity index (χ0v) is 18.5. The predicted octanol–water partition coefficient (Wildman–Crippen LogP) is 3.68. The van der Waals surface area contributed by atoms with Gasteiger partial charge in [0, 0.05) is 20.1 Å². The van der Waals surface area contributed by atoms with E-state index in [1.807, 2.05) is 24.3 Å². The van der Waals surface area contributed by atoms with E-state index in [-0.39, 0.29) is 29.8 Å². The molecule has 7 heteroatoms. The van der Waals surface area contributed by atoms with Crippen molar-refractivity contribution >= 4 is 29.9 Å². The first kappa shape index (κ1) is 23.0. The number of methoxy groups -OCH3 is 2. The minimum absolute atomic E-state index is 0. The molecule has 0 bridgehead atoms. The molecule has 0 aromatic heterocycles. The van der Waals surface area contributed by atoms with Crippen LogP contribution in [-0.4, -0.2) is 33.8 Å². The number of ether oxygens (including phenoxy) is 2. The summed E-state index contributed by atoms with van der Waals surface area (Å²) in [5.74, 6) is 1.95. The number of aliphatic imine (C=N–C) groups is 1. The lowest BCUT2D eigenvalue weighted by Crippen LogP contribution is -2.37. The van der Waals surface area contributed by atoms with E-state index in [2.05, 4.69) is 15.6 Å². The fourth-order valence-corrected chi connectivity index (χ4v) is 2.58. The second-order valence-electron chi connectivity index (χ2n) is 5.88. The Kier molecular flexibility index (Phi) is 9.92. The molecule has 27 heavy (non-hydrogen) atoms. The van der Waals surface area contributed by atoms with Crippen LogP contribution in [0.1, 0.15) is 16.7 Å². The van der Waals surface area contributed by atoms with Crippen molar-refractivity contribution in [2.45, 2.75) is 19.9 Å². The van der Waals surface area contributed by atoms with Crippen molar-refractivity contribution in [1.82, 2.24) is 10.6 Å². The van der Waals surface area contributed by atoms with Crippen molar-refractivity contribution in [3.63, 3.8) is 0 Å². The summed E-state index contributed by atoms with van der Waals surface area (Å²) in [5.41, 5.74) is 2.78. The molecule has 0 amide bonds. The zero-order chi connectivity index (χ0) is 18.9. The molecule has 2 aromatic rings. The summed E-state index contributed by atoms with van der Waals surface area (Å²) in [6.07, 6.45) is 0.816. The van der Waals surface area contributed by atoms with Gasteiger partial charge in [-0.25, -0.2) is 4.39 Å². The lowest BCUT2D eigenvalue weighted by molar-refractivity contribution is 0.354. The van der Waals surface area contributed by atoms with Crippen LogP contribution in [0.5, 0.6) is 11.5 Å². The average molecular weight is 487 g/mol. The molecule has 2 N–H and O–H groups in total. The van der Waals surface area contributed by atoms with Gasteiger partial charge in [-0.05, 0) is 48.2 Å². The van der Waals surface area contributed by atoms with Gasteiger partial charge in [-0.15, -0.1) is 24.0 Å². The number of guanidine groups is 1. The van der Waals surface area contributed by atoms with Crippen LogP contribution in [0.25, 0.3) is 0 Å². The monoisotopic (exact) mass is 487 g/mol. The van der Waals surface area contributed by atoms with Crippen LogP contribution in [0, 0.1) is 12.7 Å². The van der Waals surface area contributed by atoms with Crippen LogP contribution in [0.15, 0.2) is 41.4 Å². The molecule has 0 heterocycles. The maximum absolute atomic E-state index is 13.3. The minimum atomic E-state index is -0.189. The second kappa shape index (κ2) is 11.6.